The van der Waals surface area contributed by atoms with Crippen LogP contribution in [-0.4, -0.2) is 95.7 Å². The van der Waals surface area contributed by atoms with E-state index >= 15 is 0 Å². The van der Waals surface area contributed by atoms with E-state index in [1.54, 1.807) is 28.8 Å². The van der Waals surface area contributed by atoms with Crippen molar-refractivity contribution in [2.45, 2.75) is 63.3 Å². The molecule has 38 heavy (non-hydrogen) atoms. The molecule has 12 nitrogen and oxygen atoms in total. The number of aliphatic hydroxyl groups is 1. The number of fused-ring (bicyclic) bond motifs is 2. The van der Waals surface area contributed by atoms with E-state index in [1.807, 2.05) is 6.92 Å². The highest BCUT2D eigenvalue weighted by atomic mass is 32.2. The highest BCUT2D eigenvalue weighted by Gasteiger charge is 2.32. The van der Waals surface area contributed by atoms with Gasteiger partial charge in [0.2, 0.25) is 15.9 Å². The number of sulfonamides is 1. The molecule has 4 rings (SSSR count). The largest absolute Gasteiger partial charge is 0.490 e. The normalized spacial score (nSPS) is 22.2. The number of benzene rings is 1. The second-order valence-electron chi connectivity index (χ2n) is 9.90. The van der Waals surface area contributed by atoms with E-state index in [4.69, 9.17) is 14.2 Å². The SMILES string of the molecule is C[C@H]1CN([C@@H](C)CO)C(=O)CCCn2nncc2CO[C@H]1CN(C)S(=O)(=O)c1ccc2c(c1)OCCCO2. The van der Waals surface area contributed by atoms with Gasteiger partial charge in [0.05, 0.1) is 55.4 Å². The summed E-state index contributed by atoms with van der Waals surface area (Å²) in [6.45, 7) is 5.58. The summed E-state index contributed by atoms with van der Waals surface area (Å²) in [5.41, 5.74) is 0.754. The number of rotatable bonds is 6. The van der Waals surface area contributed by atoms with Gasteiger partial charge in [-0.25, -0.2) is 13.1 Å². The van der Waals surface area contributed by atoms with Crippen LogP contribution in [0.25, 0.3) is 0 Å². The Morgan fingerprint density at radius 3 is 2.74 bits per heavy atom. The Labute approximate surface area is 223 Å². The molecule has 0 fully saturated rings. The minimum absolute atomic E-state index is 0.0506. The van der Waals surface area contributed by atoms with E-state index in [0.29, 0.717) is 50.6 Å². The molecule has 1 aromatic heterocycles. The summed E-state index contributed by atoms with van der Waals surface area (Å²) in [5.74, 6) is 0.611. The molecule has 2 aromatic rings. The van der Waals surface area contributed by atoms with Crippen molar-refractivity contribution in [1.29, 1.82) is 0 Å². The summed E-state index contributed by atoms with van der Waals surface area (Å²) in [5, 5.41) is 17.8. The van der Waals surface area contributed by atoms with Crippen LogP contribution < -0.4 is 9.47 Å². The standard InChI is InChI=1S/C25H37N5O7S/c1-18-14-29(19(2)16-31)25(32)6-4-9-30-20(13-26-27-30)17-37-24(18)15-28(3)38(33,34)21-7-8-22-23(12-21)36-11-5-10-35-22/h7-8,12-13,18-19,24,31H,4-6,9-11,14-17H2,1-3H3/t18-,19-,24-/m0/s1. The van der Waals surface area contributed by atoms with Gasteiger partial charge in [-0.1, -0.05) is 12.1 Å². The second-order valence-corrected chi connectivity index (χ2v) is 11.9. The van der Waals surface area contributed by atoms with Gasteiger partial charge in [-0.2, -0.15) is 4.31 Å². The van der Waals surface area contributed by atoms with Crippen molar-refractivity contribution in [2.24, 2.45) is 5.92 Å². The third kappa shape index (κ3) is 6.45. The first kappa shape index (κ1) is 28.3. The summed E-state index contributed by atoms with van der Waals surface area (Å²) < 4.78 is 47.6. The number of aryl methyl sites for hydroxylation is 1. The minimum atomic E-state index is -3.89. The third-order valence-corrected chi connectivity index (χ3v) is 8.82. The summed E-state index contributed by atoms with van der Waals surface area (Å²) >= 11 is 0. The van der Waals surface area contributed by atoms with E-state index in [1.165, 1.54) is 23.5 Å². The van der Waals surface area contributed by atoms with Crippen molar-refractivity contribution in [1.82, 2.24) is 24.2 Å². The first-order chi connectivity index (χ1) is 18.2. The van der Waals surface area contributed by atoms with Crippen LogP contribution >= 0.6 is 0 Å². The molecule has 2 aliphatic heterocycles. The highest BCUT2D eigenvalue weighted by molar-refractivity contribution is 7.89. The quantitative estimate of drug-likeness (QED) is 0.563. The zero-order valence-corrected chi connectivity index (χ0v) is 23.0. The predicted molar refractivity (Wildman–Crippen MR) is 137 cm³/mol. The molecule has 0 saturated carbocycles. The molecule has 1 amide bonds. The fraction of sp³-hybridized carbons (Fsp3) is 0.640. The van der Waals surface area contributed by atoms with E-state index in [0.717, 1.165) is 12.1 Å². The molecule has 0 bridgehead atoms. The fourth-order valence-corrected chi connectivity index (χ4v) is 5.78. The van der Waals surface area contributed by atoms with Gasteiger partial charge >= 0.3 is 0 Å². The first-order valence-corrected chi connectivity index (χ1v) is 14.4. The molecule has 0 aliphatic carbocycles. The van der Waals surface area contributed by atoms with Crippen LogP contribution in [0.2, 0.25) is 0 Å². The Kier molecular flexibility index (Phi) is 9.23. The average molecular weight is 552 g/mol. The van der Waals surface area contributed by atoms with Gasteiger partial charge in [0.1, 0.15) is 0 Å². The Hall–Kier alpha value is -2.74. The van der Waals surface area contributed by atoms with Crippen molar-refractivity contribution < 1.29 is 32.5 Å². The lowest BCUT2D eigenvalue weighted by atomic mass is 10.0. The topological polar surface area (TPSA) is 136 Å². The van der Waals surface area contributed by atoms with Crippen LogP contribution in [0.5, 0.6) is 11.5 Å². The van der Waals surface area contributed by atoms with Crippen LogP contribution in [0.4, 0.5) is 0 Å². The highest BCUT2D eigenvalue weighted by Crippen LogP contribution is 2.33. The van der Waals surface area contributed by atoms with Crippen molar-refractivity contribution in [3.8, 4) is 11.5 Å². The van der Waals surface area contributed by atoms with Crippen LogP contribution in [0.3, 0.4) is 0 Å². The maximum atomic E-state index is 13.5. The molecular formula is C25H37N5O7S. The number of aromatic nitrogens is 3. The number of carbonyl (C=O) groups is 1. The van der Waals surface area contributed by atoms with E-state index in [-0.39, 0.29) is 42.5 Å². The molecule has 0 unspecified atom stereocenters. The number of hydrogen-bond acceptors (Lipinski definition) is 9. The minimum Gasteiger partial charge on any atom is -0.490 e. The number of carbonyl (C=O) groups excluding carboxylic acids is 1. The van der Waals surface area contributed by atoms with Crippen LogP contribution in [0.15, 0.2) is 29.3 Å². The lowest BCUT2D eigenvalue weighted by Gasteiger charge is -2.35. The van der Waals surface area contributed by atoms with Crippen molar-refractivity contribution in [3.05, 3.63) is 30.1 Å². The maximum Gasteiger partial charge on any atom is 0.243 e. The van der Waals surface area contributed by atoms with Gasteiger partial charge in [-0.15, -0.1) is 5.10 Å². The smallest absolute Gasteiger partial charge is 0.243 e. The van der Waals surface area contributed by atoms with Gasteiger partial charge in [-0.05, 0) is 25.5 Å². The number of nitrogens with zero attached hydrogens (tertiary/aromatic N) is 5. The molecular weight excluding hydrogens is 514 g/mol. The van der Waals surface area contributed by atoms with Crippen molar-refractivity contribution >= 4 is 15.9 Å². The molecule has 13 heteroatoms. The second kappa shape index (κ2) is 12.4. The number of hydrogen-bond donors (Lipinski definition) is 1. The van der Waals surface area contributed by atoms with E-state index in [9.17, 15) is 18.3 Å². The van der Waals surface area contributed by atoms with Gasteiger partial charge in [0.15, 0.2) is 11.5 Å². The summed E-state index contributed by atoms with van der Waals surface area (Å²) in [6, 6.07) is 4.24. The summed E-state index contributed by atoms with van der Waals surface area (Å²) in [6.07, 6.45) is 2.67. The van der Waals surface area contributed by atoms with Crippen LogP contribution in [0.1, 0.15) is 38.8 Å². The van der Waals surface area contributed by atoms with Crippen molar-refractivity contribution in [2.75, 3.05) is 40.0 Å². The lowest BCUT2D eigenvalue weighted by Crippen LogP contribution is -2.47. The summed E-state index contributed by atoms with van der Waals surface area (Å²) in [4.78, 5) is 14.8. The summed E-state index contributed by atoms with van der Waals surface area (Å²) in [7, 11) is -2.38. The first-order valence-electron chi connectivity index (χ1n) is 13.0. The van der Waals surface area contributed by atoms with Crippen molar-refractivity contribution in [3.63, 3.8) is 0 Å². The average Bonchev–Trinajstić information content (AvgIpc) is 3.21. The predicted octanol–water partition coefficient (Wildman–Crippen LogP) is 1.28. The van der Waals surface area contributed by atoms with E-state index < -0.39 is 16.1 Å². The molecule has 0 spiro atoms. The Morgan fingerprint density at radius 2 is 1.97 bits per heavy atom. The molecule has 1 N–H and O–H groups in total. The molecule has 1 aromatic carbocycles. The number of aliphatic hydroxyl groups excluding tert-OH is 1. The molecule has 210 valence electrons. The Balaban J connectivity index is 1.58. The molecule has 3 atom stereocenters. The Morgan fingerprint density at radius 1 is 1.21 bits per heavy atom. The number of amides is 1. The lowest BCUT2D eigenvalue weighted by molar-refractivity contribution is -0.136. The van der Waals surface area contributed by atoms with Gasteiger partial charge in [0, 0.05) is 51.5 Å². The third-order valence-electron chi connectivity index (χ3n) is 7.00. The van der Waals surface area contributed by atoms with Gasteiger partial charge in [-0.3, -0.25) is 4.79 Å². The van der Waals surface area contributed by atoms with Crippen LogP contribution in [-0.2, 0) is 32.7 Å². The zero-order valence-electron chi connectivity index (χ0n) is 22.2. The molecule has 0 saturated heterocycles. The molecule has 0 radical (unpaired) electrons. The Bertz CT molecular complexity index is 1200. The monoisotopic (exact) mass is 551 g/mol. The fourth-order valence-electron chi connectivity index (χ4n) is 4.58. The van der Waals surface area contributed by atoms with Crippen LogP contribution in [0, 0.1) is 5.92 Å². The van der Waals surface area contributed by atoms with Gasteiger partial charge < -0.3 is 24.2 Å². The molecule has 2 aliphatic rings. The zero-order chi connectivity index (χ0) is 27.3. The number of likely N-dealkylation sites (N-methyl/N-ethyl adjacent to an activating group) is 1. The number of ether oxygens (including phenoxy) is 3. The molecule has 3 heterocycles. The van der Waals surface area contributed by atoms with E-state index in [2.05, 4.69) is 10.3 Å². The van der Waals surface area contributed by atoms with Gasteiger partial charge in [0.25, 0.3) is 0 Å². The maximum absolute atomic E-state index is 13.5.